The lowest BCUT2D eigenvalue weighted by Crippen LogP contribution is -2.21. The second-order valence-electron chi connectivity index (χ2n) is 5.37. The number of alkyl halides is 3. The van der Waals surface area contributed by atoms with Crippen molar-refractivity contribution in [3.8, 4) is 16.9 Å². The standard InChI is InChI=1S/C18H11ClF3NO3/c19-12-7-3-1-5-10(12)14-11-6-2-4-8-13(11)23-15(17(24)25)16(14)26-9-18(20,21)22/h1-8H,9H2,(H,24,25). The van der Waals surface area contributed by atoms with Gasteiger partial charge in [-0.1, -0.05) is 48.0 Å². The zero-order valence-corrected chi connectivity index (χ0v) is 13.8. The number of para-hydroxylation sites is 1. The van der Waals surface area contributed by atoms with Crippen LogP contribution in [-0.2, 0) is 0 Å². The summed E-state index contributed by atoms with van der Waals surface area (Å²) >= 11 is 6.21. The smallest absolute Gasteiger partial charge is 0.422 e. The van der Waals surface area contributed by atoms with Crippen LogP contribution in [0, 0.1) is 0 Å². The Balaban J connectivity index is 2.37. The molecule has 0 unspecified atom stereocenters. The molecule has 134 valence electrons. The van der Waals surface area contributed by atoms with Gasteiger partial charge < -0.3 is 9.84 Å². The maximum Gasteiger partial charge on any atom is 0.422 e. The summed E-state index contributed by atoms with van der Waals surface area (Å²) in [5.41, 5.74) is 0.206. The van der Waals surface area contributed by atoms with Crippen LogP contribution in [0.15, 0.2) is 48.5 Å². The van der Waals surface area contributed by atoms with E-state index in [0.717, 1.165) is 0 Å². The number of carboxylic acid groups (broad SMARTS) is 1. The van der Waals surface area contributed by atoms with Gasteiger partial charge in [-0.2, -0.15) is 13.2 Å². The highest BCUT2D eigenvalue weighted by Gasteiger charge is 2.31. The van der Waals surface area contributed by atoms with Crippen molar-refractivity contribution in [2.24, 2.45) is 0 Å². The van der Waals surface area contributed by atoms with Crippen molar-refractivity contribution in [2.75, 3.05) is 6.61 Å². The molecule has 3 rings (SSSR count). The zero-order chi connectivity index (χ0) is 18.9. The minimum absolute atomic E-state index is 0.155. The van der Waals surface area contributed by atoms with E-state index in [1.165, 1.54) is 0 Å². The summed E-state index contributed by atoms with van der Waals surface area (Å²) in [5, 5.41) is 10.1. The summed E-state index contributed by atoms with van der Waals surface area (Å²) in [5.74, 6) is -1.97. The van der Waals surface area contributed by atoms with Gasteiger partial charge in [-0.25, -0.2) is 9.78 Å². The number of ether oxygens (including phenoxy) is 1. The average molecular weight is 382 g/mol. The van der Waals surface area contributed by atoms with Crippen LogP contribution in [0.3, 0.4) is 0 Å². The molecular formula is C18H11ClF3NO3. The van der Waals surface area contributed by atoms with Crippen LogP contribution < -0.4 is 4.74 Å². The Hall–Kier alpha value is -2.80. The number of carbonyl (C=O) groups is 1. The maximum atomic E-state index is 12.7. The first-order valence-corrected chi connectivity index (χ1v) is 7.76. The van der Waals surface area contributed by atoms with E-state index in [9.17, 15) is 23.1 Å². The summed E-state index contributed by atoms with van der Waals surface area (Å²) < 4.78 is 42.9. The topological polar surface area (TPSA) is 59.4 Å². The van der Waals surface area contributed by atoms with Gasteiger partial charge in [0.1, 0.15) is 0 Å². The Morgan fingerprint density at radius 3 is 2.42 bits per heavy atom. The molecule has 0 radical (unpaired) electrons. The first-order valence-electron chi connectivity index (χ1n) is 7.38. The molecular weight excluding hydrogens is 371 g/mol. The second-order valence-corrected chi connectivity index (χ2v) is 5.78. The fraction of sp³-hybridized carbons (Fsp3) is 0.111. The Labute approximate surface area is 150 Å². The molecule has 26 heavy (non-hydrogen) atoms. The van der Waals surface area contributed by atoms with Gasteiger partial charge in [-0.15, -0.1) is 0 Å². The van der Waals surface area contributed by atoms with Gasteiger partial charge in [0.05, 0.1) is 5.52 Å². The monoisotopic (exact) mass is 381 g/mol. The highest BCUT2D eigenvalue weighted by Crippen LogP contribution is 2.42. The number of pyridine rings is 1. The van der Waals surface area contributed by atoms with E-state index in [-0.39, 0.29) is 10.6 Å². The predicted octanol–water partition coefficient (Wildman–Crippen LogP) is 5.19. The molecule has 0 saturated heterocycles. The lowest BCUT2D eigenvalue weighted by Gasteiger charge is -2.18. The molecule has 0 amide bonds. The van der Waals surface area contributed by atoms with Crippen LogP contribution in [0.5, 0.6) is 5.75 Å². The summed E-state index contributed by atoms with van der Waals surface area (Å²) in [4.78, 5) is 15.6. The van der Waals surface area contributed by atoms with Crippen LogP contribution in [-0.4, -0.2) is 28.8 Å². The Morgan fingerprint density at radius 2 is 1.77 bits per heavy atom. The van der Waals surface area contributed by atoms with Gasteiger partial charge in [0.2, 0.25) is 0 Å². The Morgan fingerprint density at radius 1 is 1.12 bits per heavy atom. The minimum Gasteiger partial charge on any atom is -0.481 e. The SMILES string of the molecule is O=C(O)c1nc2ccccc2c(-c2ccccc2Cl)c1OCC(F)(F)F. The van der Waals surface area contributed by atoms with Gasteiger partial charge in [-0.05, 0) is 12.1 Å². The molecule has 0 fully saturated rings. The Kier molecular flexibility index (Phi) is 4.73. The number of hydrogen-bond acceptors (Lipinski definition) is 3. The molecule has 2 aromatic carbocycles. The largest absolute Gasteiger partial charge is 0.481 e. The van der Waals surface area contributed by atoms with Crippen molar-refractivity contribution in [3.63, 3.8) is 0 Å². The van der Waals surface area contributed by atoms with Crippen LogP contribution in [0.25, 0.3) is 22.0 Å². The third kappa shape index (κ3) is 3.57. The van der Waals surface area contributed by atoms with Crippen molar-refractivity contribution in [1.29, 1.82) is 0 Å². The third-order valence-corrected chi connectivity index (χ3v) is 3.90. The van der Waals surface area contributed by atoms with E-state index in [4.69, 9.17) is 16.3 Å². The quantitative estimate of drug-likeness (QED) is 0.675. The van der Waals surface area contributed by atoms with Gasteiger partial charge >= 0.3 is 12.1 Å². The van der Waals surface area contributed by atoms with E-state index >= 15 is 0 Å². The van der Waals surface area contributed by atoms with Crippen LogP contribution in [0.4, 0.5) is 13.2 Å². The number of fused-ring (bicyclic) bond motifs is 1. The number of carboxylic acids is 1. The summed E-state index contributed by atoms with van der Waals surface area (Å²) in [6.07, 6.45) is -4.64. The predicted molar refractivity (Wildman–Crippen MR) is 90.7 cm³/mol. The third-order valence-electron chi connectivity index (χ3n) is 3.57. The number of rotatable bonds is 4. The summed E-state index contributed by atoms with van der Waals surface area (Å²) in [6, 6.07) is 12.9. The summed E-state index contributed by atoms with van der Waals surface area (Å²) in [6.45, 7) is -1.65. The van der Waals surface area contributed by atoms with Crippen molar-refractivity contribution in [2.45, 2.75) is 6.18 Å². The molecule has 8 heteroatoms. The van der Waals surface area contributed by atoms with E-state index in [0.29, 0.717) is 16.5 Å². The fourth-order valence-electron chi connectivity index (χ4n) is 2.57. The number of benzene rings is 2. The first kappa shape index (κ1) is 18.0. The molecule has 1 aromatic heterocycles. The molecule has 3 aromatic rings. The number of halogens is 4. The maximum absolute atomic E-state index is 12.7. The molecule has 0 bridgehead atoms. The summed E-state index contributed by atoms with van der Waals surface area (Å²) in [7, 11) is 0. The van der Waals surface area contributed by atoms with Gasteiger partial charge in [0, 0.05) is 21.5 Å². The van der Waals surface area contributed by atoms with E-state index in [2.05, 4.69) is 4.98 Å². The van der Waals surface area contributed by atoms with Gasteiger partial charge in [0.25, 0.3) is 0 Å². The molecule has 0 atom stereocenters. The normalized spacial score (nSPS) is 11.5. The lowest BCUT2D eigenvalue weighted by atomic mass is 9.98. The highest BCUT2D eigenvalue weighted by atomic mass is 35.5. The van der Waals surface area contributed by atoms with Crippen molar-refractivity contribution < 1.29 is 27.8 Å². The van der Waals surface area contributed by atoms with E-state index in [1.807, 2.05) is 0 Å². The number of hydrogen-bond donors (Lipinski definition) is 1. The second kappa shape index (κ2) is 6.84. The van der Waals surface area contributed by atoms with Crippen LogP contribution >= 0.6 is 11.6 Å². The number of aromatic nitrogens is 1. The van der Waals surface area contributed by atoms with E-state index < -0.39 is 30.2 Å². The molecule has 4 nitrogen and oxygen atoms in total. The highest BCUT2D eigenvalue weighted by molar-refractivity contribution is 6.34. The first-order chi connectivity index (χ1) is 12.3. The molecule has 0 aliphatic rings. The average Bonchev–Trinajstić information content (AvgIpc) is 2.58. The van der Waals surface area contributed by atoms with Gasteiger partial charge in [0.15, 0.2) is 18.1 Å². The molecule has 0 saturated carbocycles. The molecule has 1 heterocycles. The van der Waals surface area contributed by atoms with Gasteiger partial charge in [-0.3, -0.25) is 0 Å². The molecule has 0 aliphatic heterocycles. The van der Waals surface area contributed by atoms with E-state index in [1.54, 1.807) is 48.5 Å². The number of aromatic carboxylic acids is 1. The van der Waals surface area contributed by atoms with Crippen molar-refractivity contribution >= 4 is 28.5 Å². The molecule has 0 aliphatic carbocycles. The fourth-order valence-corrected chi connectivity index (χ4v) is 2.80. The molecule has 0 spiro atoms. The van der Waals surface area contributed by atoms with Crippen LogP contribution in [0.2, 0.25) is 5.02 Å². The Bertz CT molecular complexity index is 989. The molecule has 1 N–H and O–H groups in total. The zero-order valence-electron chi connectivity index (χ0n) is 13.0. The number of nitrogens with zero attached hydrogens (tertiary/aromatic N) is 1. The lowest BCUT2D eigenvalue weighted by molar-refractivity contribution is -0.153. The minimum atomic E-state index is -4.64. The van der Waals surface area contributed by atoms with Crippen molar-refractivity contribution in [1.82, 2.24) is 4.98 Å². The van der Waals surface area contributed by atoms with Crippen molar-refractivity contribution in [3.05, 3.63) is 59.2 Å². The van der Waals surface area contributed by atoms with Crippen LogP contribution in [0.1, 0.15) is 10.5 Å².